The molecule has 2 rings (SSSR count). The molecule has 0 spiro atoms. The fourth-order valence-electron chi connectivity index (χ4n) is 2.37. The van der Waals surface area contributed by atoms with E-state index in [1.54, 1.807) is 30.5 Å². The molecule has 0 bridgehead atoms. The Kier molecular flexibility index (Phi) is 11.0. The van der Waals surface area contributed by atoms with Crippen LogP contribution >= 0.6 is 35.3 Å². The molecule has 1 aromatic carbocycles. The summed E-state index contributed by atoms with van der Waals surface area (Å²) in [6.45, 7) is 0.110. The summed E-state index contributed by atoms with van der Waals surface area (Å²) >= 11 is 1.66. The monoisotopic (exact) mass is 526 g/mol. The number of halogens is 3. The molecular weight excluding hydrogens is 501 g/mol. The van der Waals surface area contributed by atoms with Gasteiger partial charge in [-0.2, -0.15) is 8.78 Å². The predicted molar refractivity (Wildman–Crippen MR) is 118 cm³/mol. The molecule has 28 heavy (non-hydrogen) atoms. The molecule has 0 aliphatic carbocycles. The fraction of sp³-hybridized carbons (Fsp3) is 0.444. The van der Waals surface area contributed by atoms with Crippen molar-refractivity contribution in [3.8, 4) is 11.5 Å². The van der Waals surface area contributed by atoms with Gasteiger partial charge in [-0.3, -0.25) is 4.99 Å². The average molecular weight is 526 g/mol. The highest BCUT2D eigenvalue weighted by molar-refractivity contribution is 14.0. The molecule has 0 unspecified atom stereocenters. The van der Waals surface area contributed by atoms with Crippen molar-refractivity contribution in [3.05, 3.63) is 39.8 Å². The van der Waals surface area contributed by atoms with E-state index in [4.69, 9.17) is 4.74 Å². The number of methoxy groups -OCH3 is 1. The zero-order valence-corrected chi connectivity index (χ0v) is 19.1. The normalized spacial score (nSPS) is 11.1. The second kappa shape index (κ2) is 12.7. The summed E-state index contributed by atoms with van der Waals surface area (Å²) in [5.74, 6) is 1.22. The van der Waals surface area contributed by atoms with Gasteiger partial charge >= 0.3 is 6.61 Å². The molecule has 1 aromatic heterocycles. The molecule has 6 nitrogen and oxygen atoms in total. The number of rotatable bonds is 9. The summed E-state index contributed by atoms with van der Waals surface area (Å²) < 4.78 is 34.9. The predicted octanol–water partition coefficient (Wildman–Crippen LogP) is 3.84. The number of hydrogen-bond donors (Lipinski definition) is 2. The Hall–Kier alpha value is -1.69. The molecule has 0 amide bonds. The zero-order chi connectivity index (χ0) is 19.6. The van der Waals surface area contributed by atoms with Gasteiger partial charge in [-0.25, -0.2) is 4.98 Å². The SMILES string of the molecule is CCc1nc(CCNC(=NC)NCc2cc(OC)ccc2OC(F)F)cs1.I. The van der Waals surface area contributed by atoms with E-state index in [1.807, 2.05) is 0 Å². The molecule has 0 atom stereocenters. The highest BCUT2D eigenvalue weighted by atomic mass is 127. The van der Waals surface area contributed by atoms with Crippen LogP contribution in [0.2, 0.25) is 0 Å². The molecule has 0 radical (unpaired) electrons. The Morgan fingerprint density at radius 3 is 2.71 bits per heavy atom. The molecule has 2 aromatic rings. The first-order chi connectivity index (χ1) is 13.0. The maximum Gasteiger partial charge on any atom is 0.387 e. The number of aromatic nitrogens is 1. The fourth-order valence-corrected chi connectivity index (χ4v) is 3.15. The first-order valence-electron chi connectivity index (χ1n) is 8.55. The summed E-state index contributed by atoms with van der Waals surface area (Å²) in [6, 6.07) is 4.69. The number of nitrogens with zero attached hydrogens (tertiary/aromatic N) is 2. The van der Waals surface area contributed by atoms with Gasteiger partial charge in [-0.1, -0.05) is 6.92 Å². The number of benzene rings is 1. The molecule has 0 saturated heterocycles. The quantitative estimate of drug-likeness (QED) is 0.296. The van der Waals surface area contributed by atoms with E-state index >= 15 is 0 Å². The van der Waals surface area contributed by atoms with E-state index in [9.17, 15) is 8.78 Å². The van der Waals surface area contributed by atoms with Crippen LogP contribution in [0, 0.1) is 0 Å². The second-order valence-electron chi connectivity index (χ2n) is 5.54. The van der Waals surface area contributed by atoms with Gasteiger partial charge < -0.3 is 20.1 Å². The number of guanidine groups is 1. The van der Waals surface area contributed by atoms with Crippen LogP contribution in [0.25, 0.3) is 0 Å². The van der Waals surface area contributed by atoms with Crippen molar-refractivity contribution >= 4 is 41.3 Å². The highest BCUT2D eigenvalue weighted by Gasteiger charge is 2.11. The lowest BCUT2D eigenvalue weighted by Gasteiger charge is -2.15. The van der Waals surface area contributed by atoms with Crippen molar-refractivity contribution in [1.29, 1.82) is 0 Å². The summed E-state index contributed by atoms with van der Waals surface area (Å²) in [7, 11) is 3.17. The molecule has 0 fully saturated rings. The van der Waals surface area contributed by atoms with Gasteiger partial charge in [-0.05, 0) is 24.6 Å². The Bertz CT molecular complexity index is 759. The van der Waals surface area contributed by atoms with Gasteiger partial charge in [-0.15, -0.1) is 35.3 Å². The van der Waals surface area contributed by atoms with Gasteiger partial charge in [0.15, 0.2) is 5.96 Å². The van der Waals surface area contributed by atoms with E-state index in [-0.39, 0.29) is 36.3 Å². The van der Waals surface area contributed by atoms with Crippen LogP contribution in [-0.2, 0) is 19.4 Å². The molecular formula is C18H25F2IN4O2S. The third-order valence-electron chi connectivity index (χ3n) is 3.73. The van der Waals surface area contributed by atoms with E-state index in [0.717, 1.165) is 23.5 Å². The van der Waals surface area contributed by atoms with Crippen molar-refractivity contribution in [2.24, 2.45) is 4.99 Å². The lowest BCUT2D eigenvalue weighted by molar-refractivity contribution is -0.0504. The third kappa shape index (κ3) is 7.74. The number of aryl methyl sites for hydroxylation is 1. The lowest BCUT2D eigenvalue weighted by atomic mass is 10.2. The van der Waals surface area contributed by atoms with Crippen LogP contribution in [-0.4, -0.2) is 38.3 Å². The summed E-state index contributed by atoms with van der Waals surface area (Å²) in [6.07, 6.45) is 1.71. The van der Waals surface area contributed by atoms with Crippen LogP contribution in [0.15, 0.2) is 28.6 Å². The maximum atomic E-state index is 12.6. The Labute approximate surface area is 184 Å². The second-order valence-corrected chi connectivity index (χ2v) is 6.48. The summed E-state index contributed by atoms with van der Waals surface area (Å²) in [5.41, 5.74) is 1.59. The van der Waals surface area contributed by atoms with Crippen molar-refractivity contribution < 1.29 is 18.3 Å². The molecule has 1 heterocycles. The zero-order valence-electron chi connectivity index (χ0n) is 16.0. The highest BCUT2D eigenvalue weighted by Crippen LogP contribution is 2.25. The third-order valence-corrected chi connectivity index (χ3v) is 4.77. The molecule has 0 aliphatic rings. The lowest BCUT2D eigenvalue weighted by Crippen LogP contribution is -2.38. The van der Waals surface area contributed by atoms with Crippen molar-refractivity contribution in [3.63, 3.8) is 0 Å². The number of ether oxygens (including phenoxy) is 2. The van der Waals surface area contributed by atoms with Crippen LogP contribution in [0.5, 0.6) is 11.5 Å². The summed E-state index contributed by atoms with van der Waals surface area (Å²) in [5, 5.41) is 9.46. The van der Waals surface area contributed by atoms with Gasteiger partial charge in [0.05, 0.1) is 17.8 Å². The standard InChI is InChI=1S/C18H24F2N4O2S.HI/c1-4-16-24-13(11-27-16)7-8-22-18(21-2)23-10-12-9-14(25-3)5-6-15(12)26-17(19)20;/h5-6,9,11,17H,4,7-8,10H2,1-3H3,(H2,21,22,23);1H. The Morgan fingerprint density at radius 2 is 2.11 bits per heavy atom. The van der Waals surface area contributed by atoms with Gasteiger partial charge in [0.1, 0.15) is 11.5 Å². The topological polar surface area (TPSA) is 67.8 Å². The minimum Gasteiger partial charge on any atom is -0.497 e. The number of thiazole rings is 1. The average Bonchev–Trinajstić information content (AvgIpc) is 3.13. The molecule has 10 heteroatoms. The number of aliphatic imine (C=N–C) groups is 1. The van der Waals surface area contributed by atoms with E-state index < -0.39 is 6.61 Å². The van der Waals surface area contributed by atoms with Crippen LogP contribution in [0.4, 0.5) is 8.78 Å². The maximum absolute atomic E-state index is 12.6. The van der Waals surface area contributed by atoms with E-state index in [1.165, 1.54) is 13.2 Å². The van der Waals surface area contributed by atoms with Crippen LogP contribution in [0.1, 0.15) is 23.2 Å². The molecule has 2 N–H and O–H groups in total. The van der Waals surface area contributed by atoms with Crippen molar-refractivity contribution in [2.45, 2.75) is 32.9 Å². The molecule has 156 valence electrons. The van der Waals surface area contributed by atoms with Gasteiger partial charge in [0.25, 0.3) is 0 Å². The van der Waals surface area contributed by atoms with Crippen molar-refractivity contribution in [2.75, 3.05) is 20.7 Å². The smallest absolute Gasteiger partial charge is 0.387 e. The number of alkyl halides is 2. The first-order valence-corrected chi connectivity index (χ1v) is 9.43. The van der Waals surface area contributed by atoms with E-state index in [0.29, 0.717) is 23.8 Å². The Morgan fingerprint density at radius 1 is 1.32 bits per heavy atom. The van der Waals surface area contributed by atoms with Gasteiger partial charge in [0, 0.05) is 37.5 Å². The number of hydrogen-bond acceptors (Lipinski definition) is 5. The Balaban J connectivity index is 0.00000392. The minimum absolute atomic E-state index is 0. The largest absolute Gasteiger partial charge is 0.497 e. The minimum atomic E-state index is -2.89. The van der Waals surface area contributed by atoms with E-state index in [2.05, 4.69) is 37.7 Å². The van der Waals surface area contributed by atoms with Crippen LogP contribution < -0.4 is 20.1 Å². The van der Waals surface area contributed by atoms with Gasteiger partial charge in [0.2, 0.25) is 0 Å². The first kappa shape index (κ1) is 24.3. The van der Waals surface area contributed by atoms with Crippen molar-refractivity contribution in [1.82, 2.24) is 15.6 Å². The molecule has 0 saturated carbocycles. The molecule has 0 aliphatic heterocycles. The van der Waals surface area contributed by atoms with Crippen LogP contribution in [0.3, 0.4) is 0 Å². The number of nitrogens with one attached hydrogen (secondary N) is 2. The summed E-state index contributed by atoms with van der Waals surface area (Å²) in [4.78, 5) is 8.67.